The van der Waals surface area contributed by atoms with Gasteiger partial charge in [0, 0.05) is 44.1 Å². The van der Waals surface area contributed by atoms with Gasteiger partial charge >= 0.3 is 6.18 Å². The van der Waals surface area contributed by atoms with Crippen LogP contribution in [0.5, 0.6) is 0 Å². The second-order valence-electron chi connectivity index (χ2n) is 11.5. The maximum absolute atomic E-state index is 14.3. The minimum atomic E-state index is -4.59. The first kappa shape index (κ1) is 28.6. The van der Waals surface area contributed by atoms with Crippen LogP contribution in [0.15, 0.2) is 30.6 Å². The number of nitrogens with one attached hydrogen (secondary N) is 1. The number of hydrogen-bond acceptors (Lipinski definition) is 8. The Labute approximate surface area is 242 Å². The van der Waals surface area contributed by atoms with Crippen molar-refractivity contribution in [1.82, 2.24) is 24.6 Å². The Kier molecular flexibility index (Phi) is 7.66. The van der Waals surface area contributed by atoms with Crippen LogP contribution < -0.4 is 16.0 Å². The number of amides is 1. The zero-order valence-electron chi connectivity index (χ0n) is 23.6. The molecule has 1 amide bonds. The molecule has 0 atom stereocenters. The predicted octanol–water partition coefficient (Wildman–Crippen LogP) is 3.26. The number of pyridine rings is 1. The van der Waals surface area contributed by atoms with Crippen LogP contribution in [0.4, 0.5) is 24.8 Å². The molecule has 0 aliphatic carbocycles. The molecule has 6 rings (SSSR count). The zero-order chi connectivity index (χ0) is 29.5. The fourth-order valence-electron chi connectivity index (χ4n) is 6.11. The van der Waals surface area contributed by atoms with E-state index in [1.54, 1.807) is 18.5 Å². The molecule has 3 N–H and O–H groups in total. The number of alkyl halides is 3. The summed E-state index contributed by atoms with van der Waals surface area (Å²) in [7, 11) is 1.87. The highest BCUT2D eigenvalue weighted by Gasteiger charge is 2.44. The zero-order valence-corrected chi connectivity index (χ0v) is 23.6. The van der Waals surface area contributed by atoms with Crippen molar-refractivity contribution >= 4 is 17.5 Å². The summed E-state index contributed by atoms with van der Waals surface area (Å²) in [4.78, 5) is 22.0. The van der Waals surface area contributed by atoms with Crippen LogP contribution in [-0.2, 0) is 42.9 Å². The largest absolute Gasteiger partial charge is 0.416 e. The van der Waals surface area contributed by atoms with Crippen LogP contribution in [0, 0.1) is 0 Å². The number of likely N-dealkylation sites (tertiary alicyclic amines) is 1. The van der Waals surface area contributed by atoms with Gasteiger partial charge in [-0.3, -0.25) is 14.6 Å². The quantitative estimate of drug-likeness (QED) is 0.394. The van der Waals surface area contributed by atoms with Crippen molar-refractivity contribution in [3.05, 3.63) is 64.2 Å². The molecule has 5 heterocycles. The van der Waals surface area contributed by atoms with Gasteiger partial charge in [-0.15, -0.1) is 10.2 Å². The van der Waals surface area contributed by atoms with Crippen molar-refractivity contribution < 1.29 is 22.7 Å². The standard InChI is InChI=1S/C29H35F3N8O2/c1-38-18-35-37-26(38)13-28(16-42-17-28)20-11-24(34-6-5-33)36-25(12-20)40-15-22-21(27(40)41)9-19(10-23(22)29(30,31)32)14-39-7-3-2-4-8-39/h9-12,18H,2-8,13-17,33H2,1H3,(H,34,36). The van der Waals surface area contributed by atoms with Gasteiger partial charge in [-0.2, -0.15) is 13.2 Å². The highest BCUT2D eigenvalue weighted by Crippen LogP contribution is 2.42. The second-order valence-corrected chi connectivity index (χ2v) is 11.5. The average molecular weight is 585 g/mol. The Morgan fingerprint density at radius 1 is 1.12 bits per heavy atom. The van der Waals surface area contributed by atoms with Gasteiger partial charge in [-0.05, 0) is 66.9 Å². The number of fused-ring (bicyclic) bond motifs is 1. The molecule has 2 aromatic heterocycles. The van der Waals surface area contributed by atoms with Crippen LogP contribution in [0.2, 0.25) is 0 Å². The van der Waals surface area contributed by atoms with E-state index in [-0.39, 0.29) is 23.5 Å². The number of aryl methyl sites for hydroxylation is 1. The number of anilines is 2. The van der Waals surface area contributed by atoms with E-state index in [1.807, 2.05) is 17.7 Å². The van der Waals surface area contributed by atoms with Crippen LogP contribution >= 0.6 is 0 Å². The molecular weight excluding hydrogens is 549 g/mol. The number of benzene rings is 1. The van der Waals surface area contributed by atoms with E-state index in [2.05, 4.69) is 25.4 Å². The molecule has 3 aromatic rings. The van der Waals surface area contributed by atoms with Crippen molar-refractivity contribution in [3.8, 4) is 0 Å². The molecule has 0 saturated carbocycles. The highest BCUT2D eigenvalue weighted by atomic mass is 19.4. The maximum Gasteiger partial charge on any atom is 0.416 e. The van der Waals surface area contributed by atoms with Crippen molar-refractivity contribution in [2.75, 3.05) is 49.6 Å². The molecule has 2 fully saturated rings. The number of carbonyl (C=O) groups excluding carboxylic acids is 1. The number of ether oxygens (including phenoxy) is 1. The number of piperidine rings is 1. The number of aromatic nitrogens is 4. The fourth-order valence-corrected chi connectivity index (χ4v) is 6.11. The van der Waals surface area contributed by atoms with E-state index in [0.717, 1.165) is 43.7 Å². The highest BCUT2D eigenvalue weighted by molar-refractivity contribution is 6.10. The van der Waals surface area contributed by atoms with Crippen molar-refractivity contribution in [2.24, 2.45) is 12.8 Å². The Morgan fingerprint density at radius 3 is 2.55 bits per heavy atom. The molecule has 0 bridgehead atoms. The summed E-state index contributed by atoms with van der Waals surface area (Å²) in [6, 6.07) is 6.53. The number of hydrogen-bond donors (Lipinski definition) is 2. The number of rotatable bonds is 9. The average Bonchev–Trinajstić information content (AvgIpc) is 3.51. The molecule has 1 aromatic carbocycles. The summed E-state index contributed by atoms with van der Waals surface area (Å²) in [5, 5.41) is 11.4. The first-order valence-corrected chi connectivity index (χ1v) is 14.3. The molecule has 0 unspecified atom stereocenters. The van der Waals surface area contributed by atoms with Gasteiger partial charge in [0.05, 0.1) is 25.3 Å². The lowest BCUT2D eigenvalue weighted by molar-refractivity contribution is -0.138. The normalized spacial score (nSPS) is 18.7. The van der Waals surface area contributed by atoms with Crippen LogP contribution in [0.25, 0.3) is 0 Å². The molecule has 3 aliphatic heterocycles. The second kappa shape index (κ2) is 11.3. The minimum absolute atomic E-state index is 0.0145. The molecule has 3 aliphatic rings. The monoisotopic (exact) mass is 584 g/mol. The van der Waals surface area contributed by atoms with Crippen molar-refractivity contribution in [2.45, 2.75) is 50.4 Å². The molecule has 42 heavy (non-hydrogen) atoms. The van der Waals surface area contributed by atoms with E-state index in [4.69, 9.17) is 10.5 Å². The summed E-state index contributed by atoms with van der Waals surface area (Å²) in [5.41, 5.74) is 5.93. The molecule has 0 spiro atoms. The first-order chi connectivity index (χ1) is 20.2. The van der Waals surface area contributed by atoms with Gasteiger partial charge in [-0.25, -0.2) is 4.98 Å². The summed E-state index contributed by atoms with van der Waals surface area (Å²) >= 11 is 0. The van der Waals surface area contributed by atoms with Crippen LogP contribution in [-0.4, -0.2) is 69.9 Å². The molecule has 224 valence electrons. The van der Waals surface area contributed by atoms with E-state index < -0.39 is 23.1 Å². The van der Waals surface area contributed by atoms with E-state index in [0.29, 0.717) is 50.7 Å². The van der Waals surface area contributed by atoms with E-state index >= 15 is 0 Å². The lowest BCUT2D eigenvalue weighted by Crippen LogP contribution is -2.49. The summed E-state index contributed by atoms with van der Waals surface area (Å²) in [6.45, 7) is 3.49. The molecule has 2 saturated heterocycles. The SMILES string of the molecule is Cn1cnnc1CC1(c2cc(NCCN)nc(N3Cc4c(cc(CN5CCCCC5)cc4C(F)(F)F)C3=O)c2)COC1. The molecule has 0 radical (unpaired) electrons. The summed E-state index contributed by atoms with van der Waals surface area (Å²) in [5.74, 6) is 1.05. The third-order valence-electron chi connectivity index (χ3n) is 8.47. The van der Waals surface area contributed by atoms with Gasteiger partial charge in [0.15, 0.2) is 0 Å². The first-order valence-electron chi connectivity index (χ1n) is 14.3. The van der Waals surface area contributed by atoms with Crippen LogP contribution in [0.3, 0.4) is 0 Å². The van der Waals surface area contributed by atoms with Crippen LogP contribution in [0.1, 0.15) is 57.7 Å². The lowest BCUT2D eigenvalue weighted by Gasteiger charge is -2.42. The van der Waals surface area contributed by atoms with Gasteiger partial charge in [0.25, 0.3) is 5.91 Å². The molecule has 13 heteroatoms. The smallest absolute Gasteiger partial charge is 0.379 e. The minimum Gasteiger partial charge on any atom is -0.379 e. The Bertz CT molecular complexity index is 1460. The third-order valence-corrected chi connectivity index (χ3v) is 8.47. The van der Waals surface area contributed by atoms with E-state index in [9.17, 15) is 18.0 Å². The predicted molar refractivity (Wildman–Crippen MR) is 150 cm³/mol. The Morgan fingerprint density at radius 2 is 1.90 bits per heavy atom. The number of halogens is 3. The fraction of sp³-hybridized carbons (Fsp3) is 0.517. The lowest BCUT2D eigenvalue weighted by atomic mass is 9.75. The topological polar surface area (TPSA) is 114 Å². The van der Waals surface area contributed by atoms with Crippen molar-refractivity contribution in [3.63, 3.8) is 0 Å². The third kappa shape index (κ3) is 5.48. The van der Waals surface area contributed by atoms with Gasteiger partial charge in [0.2, 0.25) is 0 Å². The van der Waals surface area contributed by atoms with Gasteiger partial charge < -0.3 is 20.4 Å². The Balaban J connectivity index is 1.37. The van der Waals surface area contributed by atoms with Gasteiger partial charge in [0.1, 0.15) is 23.8 Å². The summed E-state index contributed by atoms with van der Waals surface area (Å²) in [6.07, 6.45) is 0.750. The van der Waals surface area contributed by atoms with Crippen molar-refractivity contribution in [1.29, 1.82) is 0 Å². The molecular formula is C29H35F3N8O2. The number of carbonyl (C=O) groups is 1. The van der Waals surface area contributed by atoms with Gasteiger partial charge in [-0.1, -0.05) is 6.42 Å². The Hall–Kier alpha value is -3.55. The summed E-state index contributed by atoms with van der Waals surface area (Å²) < 4.78 is 50.5. The molecule has 10 nitrogen and oxygen atoms in total. The van der Waals surface area contributed by atoms with E-state index in [1.165, 1.54) is 11.0 Å². The maximum atomic E-state index is 14.3. The number of nitrogens with zero attached hydrogens (tertiary/aromatic N) is 6. The number of nitrogens with two attached hydrogens (primary N) is 1.